The highest BCUT2D eigenvalue weighted by Gasteiger charge is 2.23. The first-order valence-electron chi connectivity index (χ1n) is 7.87. The number of benzene rings is 1. The minimum absolute atomic E-state index is 0.0214. The fourth-order valence-corrected chi connectivity index (χ4v) is 3.23. The zero-order valence-corrected chi connectivity index (χ0v) is 15.3. The number of hydrogen-bond acceptors (Lipinski definition) is 6. The molecule has 1 aromatic heterocycles. The molecule has 0 spiro atoms. The molecule has 26 heavy (non-hydrogen) atoms. The number of likely N-dealkylation sites (N-methyl/N-ethyl adjacent to an activating group) is 1. The molecular weight excluding hydrogens is 360 g/mol. The monoisotopic (exact) mass is 380 g/mol. The molecule has 0 aliphatic rings. The Morgan fingerprint density at radius 1 is 1.19 bits per heavy atom. The van der Waals surface area contributed by atoms with Gasteiger partial charge in [0.25, 0.3) is 0 Å². The molecule has 8 nitrogen and oxygen atoms in total. The highest BCUT2D eigenvalue weighted by molar-refractivity contribution is 7.89. The topological polar surface area (TPSA) is 106 Å². The van der Waals surface area contributed by atoms with Gasteiger partial charge in [0, 0.05) is 7.05 Å². The lowest BCUT2D eigenvalue weighted by Crippen LogP contribution is -2.38. The van der Waals surface area contributed by atoms with Crippen molar-refractivity contribution in [2.45, 2.75) is 18.4 Å². The smallest absolute Gasteiger partial charge is 0.338 e. The molecule has 0 bridgehead atoms. The molecule has 0 aliphatic carbocycles. The van der Waals surface area contributed by atoms with Crippen LogP contribution in [0.15, 0.2) is 52.0 Å². The van der Waals surface area contributed by atoms with Crippen molar-refractivity contribution in [3.63, 3.8) is 0 Å². The lowest BCUT2D eigenvalue weighted by Gasteiger charge is -2.17. The first-order valence-corrected chi connectivity index (χ1v) is 9.31. The lowest BCUT2D eigenvalue weighted by molar-refractivity contribution is -0.121. The summed E-state index contributed by atoms with van der Waals surface area (Å²) < 4.78 is 35.9. The third-order valence-corrected chi connectivity index (χ3v) is 5.30. The highest BCUT2D eigenvalue weighted by Crippen LogP contribution is 2.15. The second kappa shape index (κ2) is 8.63. The summed E-state index contributed by atoms with van der Waals surface area (Å²) in [6.07, 6.45) is 1.48. The van der Waals surface area contributed by atoms with Gasteiger partial charge in [0.1, 0.15) is 5.76 Å². The third-order valence-electron chi connectivity index (χ3n) is 3.48. The summed E-state index contributed by atoms with van der Waals surface area (Å²) in [5.74, 6) is -0.420. The molecule has 2 rings (SSSR count). The summed E-state index contributed by atoms with van der Waals surface area (Å²) in [5.41, 5.74) is 0.254. The van der Waals surface area contributed by atoms with Crippen molar-refractivity contribution in [1.82, 2.24) is 9.62 Å². The molecule has 140 valence electrons. The van der Waals surface area contributed by atoms with Crippen molar-refractivity contribution < 1.29 is 27.2 Å². The maximum Gasteiger partial charge on any atom is 0.338 e. The number of rotatable bonds is 8. The number of sulfonamides is 1. The van der Waals surface area contributed by atoms with Crippen LogP contribution in [0, 0.1) is 0 Å². The maximum atomic E-state index is 12.5. The number of furan rings is 1. The maximum absolute atomic E-state index is 12.5. The number of carbonyl (C=O) groups excluding carboxylic acids is 2. The Bertz CT molecular complexity index is 844. The molecule has 0 fully saturated rings. The van der Waals surface area contributed by atoms with Crippen LogP contribution in [0.4, 0.5) is 0 Å². The fourth-order valence-electron chi connectivity index (χ4n) is 2.10. The summed E-state index contributed by atoms with van der Waals surface area (Å²) in [5, 5.41) is 2.58. The number of nitrogens with zero attached hydrogens (tertiary/aromatic N) is 1. The molecular formula is C17H20N2O6S. The minimum Gasteiger partial charge on any atom is -0.467 e. The van der Waals surface area contributed by atoms with Crippen molar-refractivity contribution >= 4 is 21.9 Å². The largest absolute Gasteiger partial charge is 0.467 e. The predicted molar refractivity (Wildman–Crippen MR) is 92.8 cm³/mol. The summed E-state index contributed by atoms with van der Waals surface area (Å²) in [7, 11) is -2.56. The molecule has 1 amide bonds. The number of ether oxygens (including phenoxy) is 1. The van der Waals surface area contributed by atoms with Crippen molar-refractivity contribution in [1.29, 1.82) is 0 Å². The molecule has 0 radical (unpaired) electrons. The van der Waals surface area contributed by atoms with E-state index in [-0.39, 0.29) is 30.2 Å². The van der Waals surface area contributed by atoms with Gasteiger partial charge in [-0.1, -0.05) is 0 Å². The normalized spacial score (nSPS) is 11.3. The molecule has 9 heteroatoms. The Hall–Kier alpha value is -2.65. The first-order chi connectivity index (χ1) is 12.3. The second-order valence-electron chi connectivity index (χ2n) is 5.36. The van der Waals surface area contributed by atoms with Crippen LogP contribution >= 0.6 is 0 Å². The Kier molecular flexibility index (Phi) is 6.53. The number of amides is 1. The van der Waals surface area contributed by atoms with Gasteiger partial charge in [-0.15, -0.1) is 0 Å². The van der Waals surface area contributed by atoms with E-state index in [4.69, 9.17) is 9.15 Å². The number of esters is 1. The van der Waals surface area contributed by atoms with Crippen molar-refractivity contribution in [3.05, 3.63) is 54.0 Å². The molecule has 0 atom stereocenters. The molecule has 2 aromatic rings. The van der Waals surface area contributed by atoms with E-state index in [9.17, 15) is 18.0 Å². The van der Waals surface area contributed by atoms with Gasteiger partial charge in [-0.3, -0.25) is 4.79 Å². The molecule has 0 unspecified atom stereocenters. The van der Waals surface area contributed by atoms with Gasteiger partial charge >= 0.3 is 5.97 Å². The predicted octanol–water partition coefficient (Wildman–Crippen LogP) is 1.39. The van der Waals surface area contributed by atoms with Crippen LogP contribution in [-0.2, 0) is 26.1 Å². The Morgan fingerprint density at radius 3 is 2.46 bits per heavy atom. The standard InChI is InChI=1S/C17H20N2O6S/c1-3-24-17(21)13-6-8-15(9-7-13)26(22,23)19(2)12-16(20)18-11-14-5-4-10-25-14/h4-10H,3,11-12H2,1-2H3,(H,18,20). The van der Waals surface area contributed by atoms with Crippen LogP contribution in [0.2, 0.25) is 0 Å². The Balaban J connectivity index is 1.99. The second-order valence-corrected chi connectivity index (χ2v) is 7.41. The van der Waals surface area contributed by atoms with Crippen LogP contribution in [0.25, 0.3) is 0 Å². The van der Waals surface area contributed by atoms with Crippen LogP contribution in [0.3, 0.4) is 0 Å². The Morgan fingerprint density at radius 2 is 1.88 bits per heavy atom. The van der Waals surface area contributed by atoms with E-state index in [1.165, 1.54) is 37.6 Å². The van der Waals surface area contributed by atoms with E-state index in [0.717, 1.165) is 4.31 Å². The quantitative estimate of drug-likeness (QED) is 0.694. The van der Waals surface area contributed by atoms with Crippen molar-refractivity contribution in [3.8, 4) is 0 Å². The van der Waals surface area contributed by atoms with E-state index < -0.39 is 21.9 Å². The van der Waals surface area contributed by atoms with Gasteiger partial charge in [0.2, 0.25) is 15.9 Å². The first kappa shape index (κ1) is 19.7. The summed E-state index contributed by atoms with van der Waals surface area (Å²) >= 11 is 0. The molecule has 1 aromatic carbocycles. The summed E-state index contributed by atoms with van der Waals surface area (Å²) in [6.45, 7) is 1.74. The molecule has 0 saturated heterocycles. The number of carbonyl (C=O) groups is 2. The van der Waals surface area contributed by atoms with Crippen LogP contribution in [-0.4, -0.2) is 44.8 Å². The SMILES string of the molecule is CCOC(=O)c1ccc(S(=O)(=O)N(C)CC(=O)NCc2ccco2)cc1. The van der Waals surface area contributed by atoms with Gasteiger partial charge in [-0.25, -0.2) is 13.2 Å². The van der Waals surface area contributed by atoms with Crippen LogP contribution in [0.1, 0.15) is 23.0 Å². The summed E-state index contributed by atoms with van der Waals surface area (Å²) in [4.78, 5) is 23.5. The zero-order valence-electron chi connectivity index (χ0n) is 14.5. The highest BCUT2D eigenvalue weighted by atomic mass is 32.2. The van der Waals surface area contributed by atoms with E-state index >= 15 is 0 Å². The third kappa shape index (κ3) is 4.93. The lowest BCUT2D eigenvalue weighted by atomic mass is 10.2. The van der Waals surface area contributed by atoms with Gasteiger partial charge in [0.05, 0.1) is 36.4 Å². The minimum atomic E-state index is -3.86. The molecule has 0 aliphatic heterocycles. The average molecular weight is 380 g/mol. The van der Waals surface area contributed by atoms with Crippen LogP contribution in [0.5, 0.6) is 0 Å². The molecule has 1 N–H and O–H groups in total. The summed E-state index contributed by atoms with van der Waals surface area (Å²) in [6, 6.07) is 8.74. The Labute approximate surface area is 151 Å². The van der Waals surface area contributed by atoms with E-state index in [2.05, 4.69) is 5.32 Å². The van der Waals surface area contributed by atoms with E-state index in [0.29, 0.717) is 5.76 Å². The van der Waals surface area contributed by atoms with Gasteiger partial charge < -0.3 is 14.5 Å². The number of hydrogen-bond donors (Lipinski definition) is 1. The van der Waals surface area contributed by atoms with Gasteiger partial charge in [-0.05, 0) is 43.3 Å². The van der Waals surface area contributed by atoms with Gasteiger partial charge in [0.15, 0.2) is 0 Å². The average Bonchev–Trinajstić information content (AvgIpc) is 3.14. The van der Waals surface area contributed by atoms with Crippen LogP contribution < -0.4 is 5.32 Å². The number of nitrogens with one attached hydrogen (secondary N) is 1. The van der Waals surface area contributed by atoms with E-state index in [1.807, 2.05) is 0 Å². The van der Waals surface area contributed by atoms with Gasteiger partial charge in [-0.2, -0.15) is 4.31 Å². The zero-order chi connectivity index (χ0) is 19.2. The molecule has 0 saturated carbocycles. The molecule has 1 heterocycles. The van der Waals surface area contributed by atoms with E-state index in [1.54, 1.807) is 19.1 Å². The fraction of sp³-hybridized carbons (Fsp3) is 0.294. The van der Waals surface area contributed by atoms with Crippen molar-refractivity contribution in [2.75, 3.05) is 20.2 Å². The van der Waals surface area contributed by atoms with Crippen molar-refractivity contribution in [2.24, 2.45) is 0 Å².